The fraction of sp³-hybridized carbons (Fsp3) is 0.537. The van der Waals surface area contributed by atoms with Crippen molar-refractivity contribution < 1.29 is 36.9 Å². The number of rotatable bonds is 9. The highest BCUT2D eigenvalue weighted by atomic mass is 19.1. The molecule has 0 unspecified atom stereocenters. The first-order valence-electron chi connectivity index (χ1n) is 19.0. The van der Waals surface area contributed by atoms with E-state index in [0.29, 0.717) is 55.0 Å². The summed E-state index contributed by atoms with van der Waals surface area (Å²) < 4.78 is 71.9. The lowest BCUT2D eigenvalue weighted by atomic mass is 9.90. The molecule has 0 spiro atoms. The molecule has 2 bridgehead atoms. The van der Waals surface area contributed by atoms with E-state index >= 15 is 8.78 Å². The van der Waals surface area contributed by atoms with Crippen LogP contribution in [-0.2, 0) is 15.9 Å². The van der Waals surface area contributed by atoms with Crippen LogP contribution in [-0.4, -0.2) is 102 Å². The van der Waals surface area contributed by atoms with Crippen LogP contribution in [0.4, 0.5) is 23.8 Å². The molecule has 1 amide bonds. The fourth-order valence-corrected chi connectivity index (χ4v) is 9.15. The minimum Gasteiger partial charge on any atom is -0.468 e. The van der Waals surface area contributed by atoms with Crippen LogP contribution in [0.3, 0.4) is 0 Å². The van der Waals surface area contributed by atoms with Crippen molar-refractivity contribution in [3.8, 4) is 22.9 Å². The minimum absolute atomic E-state index is 0.0379. The van der Waals surface area contributed by atoms with Crippen molar-refractivity contribution in [1.82, 2.24) is 19.8 Å². The average molecular weight is 748 g/mol. The number of hydrogen-bond donors (Lipinski definition) is 0. The van der Waals surface area contributed by atoms with Gasteiger partial charge in [-0.3, -0.25) is 4.90 Å². The molecule has 0 radical (unpaired) electrons. The predicted octanol–water partition coefficient (Wildman–Crippen LogP) is 7.82. The highest BCUT2D eigenvalue weighted by Crippen LogP contribution is 2.44. The third-order valence-electron chi connectivity index (χ3n) is 11.5. The Labute approximate surface area is 313 Å². The number of fused-ring (bicyclic) bond motifs is 6. The quantitative estimate of drug-likeness (QED) is 0.159. The fourth-order valence-electron chi connectivity index (χ4n) is 9.15. The number of amides is 1. The van der Waals surface area contributed by atoms with Crippen molar-refractivity contribution in [2.45, 2.75) is 95.6 Å². The first-order chi connectivity index (χ1) is 25.9. The van der Waals surface area contributed by atoms with Gasteiger partial charge in [0, 0.05) is 44.6 Å². The molecule has 1 aromatic heterocycles. The molecule has 288 valence electrons. The highest BCUT2D eigenvalue weighted by molar-refractivity contribution is 6.03. The molecule has 5 aliphatic rings. The first kappa shape index (κ1) is 36.6. The molecule has 4 aromatic rings. The van der Waals surface area contributed by atoms with E-state index in [9.17, 15) is 9.18 Å². The Kier molecular flexibility index (Phi) is 9.52. The monoisotopic (exact) mass is 747 g/mol. The Morgan fingerprint density at radius 3 is 2.59 bits per heavy atom. The molecule has 0 N–H and O–H groups in total. The second-order valence-electron chi connectivity index (χ2n) is 16.2. The number of piperazine rings is 1. The van der Waals surface area contributed by atoms with Crippen LogP contribution in [0.5, 0.6) is 11.8 Å². The number of nitrogens with zero attached hydrogens (tertiary/aromatic N) is 5. The van der Waals surface area contributed by atoms with Gasteiger partial charge in [-0.15, -0.1) is 0 Å². The molecule has 0 aliphatic carbocycles. The summed E-state index contributed by atoms with van der Waals surface area (Å²) in [6.45, 7) is 9.54. The number of halogens is 3. The molecular weight excluding hydrogens is 699 g/mol. The van der Waals surface area contributed by atoms with Gasteiger partial charge in [-0.25, -0.2) is 18.0 Å². The largest absolute Gasteiger partial charge is 0.468 e. The van der Waals surface area contributed by atoms with E-state index in [-0.39, 0.29) is 54.1 Å². The number of anilines is 1. The Morgan fingerprint density at radius 2 is 1.85 bits per heavy atom. The summed E-state index contributed by atoms with van der Waals surface area (Å²) >= 11 is 0. The molecule has 3 aromatic carbocycles. The second-order valence-corrected chi connectivity index (χ2v) is 16.2. The van der Waals surface area contributed by atoms with Crippen LogP contribution < -0.4 is 14.4 Å². The Morgan fingerprint density at radius 1 is 1.04 bits per heavy atom. The van der Waals surface area contributed by atoms with Crippen LogP contribution in [0.2, 0.25) is 0 Å². The average Bonchev–Trinajstić information content (AvgIpc) is 3.67. The third-order valence-corrected chi connectivity index (χ3v) is 11.5. The van der Waals surface area contributed by atoms with Gasteiger partial charge in [0.2, 0.25) is 0 Å². The van der Waals surface area contributed by atoms with Gasteiger partial charge in [-0.05, 0) is 99.5 Å². The van der Waals surface area contributed by atoms with E-state index in [1.165, 1.54) is 13.2 Å². The molecule has 13 heteroatoms. The maximum absolute atomic E-state index is 17.4. The number of hydrogen-bond acceptors (Lipinski definition) is 9. The number of methoxy groups -OCH3 is 1. The normalized spacial score (nSPS) is 24.1. The Hall–Kier alpha value is -4.36. The van der Waals surface area contributed by atoms with Gasteiger partial charge in [-0.2, -0.15) is 9.97 Å². The number of aryl methyl sites for hydroxylation is 1. The molecule has 5 aliphatic heterocycles. The van der Waals surface area contributed by atoms with Crippen molar-refractivity contribution in [2.24, 2.45) is 0 Å². The lowest BCUT2D eigenvalue weighted by Crippen LogP contribution is -2.64. The smallest absolute Gasteiger partial charge is 0.410 e. The summed E-state index contributed by atoms with van der Waals surface area (Å²) in [4.78, 5) is 28.6. The molecule has 6 heterocycles. The van der Waals surface area contributed by atoms with Crippen molar-refractivity contribution in [3.05, 3.63) is 53.6 Å². The summed E-state index contributed by atoms with van der Waals surface area (Å²) in [6, 6.07) is 10.1. The molecule has 54 heavy (non-hydrogen) atoms. The lowest BCUT2D eigenvalue weighted by molar-refractivity contribution is 0.000788. The maximum Gasteiger partial charge on any atom is 0.410 e. The number of aromatic nitrogens is 2. The van der Waals surface area contributed by atoms with Gasteiger partial charge in [-0.1, -0.05) is 25.1 Å². The van der Waals surface area contributed by atoms with Crippen molar-refractivity contribution in [3.63, 3.8) is 0 Å². The lowest BCUT2D eigenvalue weighted by Gasteiger charge is -2.51. The van der Waals surface area contributed by atoms with Gasteiger partial charge in [0.1, 0.15) is 41.3 Å². The number of benzene rings is 3. The second kappa shape index (κ2) is 14.1. The van der Waals surface area contributed by atoms with E-state index < -0.39 is 28.9 Å². The third kappa shape index (κ3) is 6.56. The van der Waals surface area contributed by atoms with E-state index in [1.54, 1.807) is 11.0 Å². The van der Waals surface area contributed by atoms with Gasteiger partial charge >= 0.3 is 12.1 Å². The Bertz CT molecular complexity index is 2090. The van der Waals surface area contributed by atoms with E-state index in [1.807, 2.05) is 56.9 Å². The standard InChI is InChI=1S/C41H48F3N5O5/c1-6-24-9-7-10-25-15-29(53-23-51-5)16-30(33(24)25)34-32(43)17-31-36(35(34)44)45-38(52-22-41-13-8-14-47(41)19-26(42)18-41)46-37(31)48-20-28-12-11-27(48)21-49(28)39(50)54-40(2,3)4/h7,9-10,15-17,26-28H,6,8,11-14,18-23H2,1-5H3/t26-,27+,28+,41+/m1/s1. The molecular formula is C41H48F3N5O5. The van der Waals surface area contributed by atoms with Crippen LogP contribution in [0, 0.1) is 11.6 Å². The topological polar surface area (TPSA) is 89.5 Å². The Balaban J connectivity index is 1.26. The van der Waals surface area contributed by atoms with Crippen LogP contribution >= 0.6 is 0 Å². The first-order valence-corrected chi connectivity index (χ1v) is 19.0. The number of carbonyl (C=O) groups is 1. The summed E-state index contributed by atoms with van der Waals surface area (Å²) in [7, 11) is 1.51. The van der Waals surface area contributed by atoms with Crippen LogP contribution in [0.15, 0.2) is 36.4 Å². The zero-order valence-electron chi connectivity index (χ0n) is 31.6. The van der Waals surface area contributed by atoms with Gasteiger partial charge < -0.3 is 28.7 Å². The molecule has 10 nitrogen and oxygen atoms in total. The summed E-state index contributed by atoms with van der Waals surface area (Å²) in [5, 5.41) is 1.69. The molecule has 5 fully saturated rings. The zero-order valence-corrected chi connectivity index (χ0v) is 31.6. The summed E-state index contributed by atoms with van der Waals surface area (Å²) in [5.41, 5.74) is -0.197. The summed E-state index contributed by atoms with van der Waals surface area (Å²) in [6.07, 6.45) is 2.89. The molecule has 4 atom stereocenters. The number of piperidine rings is 2. The predicted molar refractivity (Wildman–Crippen MR) is 200 cm³/mol. The number of ether oxygens (including phenoxy) is 4. The van der Waals surface area contributed by atoms with Gasteiger partial charge in [0.05, 0.1) is 17.1 Å². The van der Waals surface area contributed by atoms with Gasteiger partial charge in [0.25, 0.3) is 0 Å². The molecule has 5 saturated heterocycles. The van der Waals surface area contributed by atoms with Crippen molar-refractivity contribution in [2.75, 3.05) is 51.6 Å². The summed E-state index contributed by atoms with van der Waals surface area (Å²) in [5.74, 6) is -0.879. The van der Waals surface area contributed by atoms with Crippen molar-refractivity contribution >= 4 is 33.6 Å². The number of carbonyl (C=O) groups excluding carboxylic acids is 1. The zero-order chi connectivity index (χ0) is 37.9. The van der Waals surface area contributed by atoms with Gasteiger partial charge in [0.15, 0.2) is 12.6 Å². The van der Waals surface area contributed by atoms with E-state index in [2.05, 4.69) is 9.88 Å². The van der Waals surface area contributed by atoms with Crippen LogP contribution in [0.1, 0.15) is 65.4 Å². The SMILES string of the molecule is CCc1cccc2cc(OCOC)cc(-c3c(F)cc4c(N5C[C@@H]6CC[C@H]5CN6C(=O)OC(C)(C)C)nc(OC[C@@]56CCCN5C[C@H](F)C6)nc4c3F)c12. The van der Waals surface area contributed by atoms with Crippen molar-refractivity contribution in [1.29, 1.82) is 0 Å². The van der Waals surface area contributed by atoms with E-state index in [0.717, 1.165) is 43.2 Å². The van der Waals surface area contributed by atoms with E-state index in [4.69, 9.17) is 23.9 Å². The molecule has 9 rings (SSSR count). The minimum atomic E-state index is -0.951. The molecule has 0 saturated carbocycles. The highest BCUT2D eigenvalue weighted by Gasteiger charge is 2.50. The maximum atomic E-state index is 17.4. The van der Waals surface area contributed by atoms with Crippen LogP contribution in [0.25, 0.3) is 32.8 Å². The number of alkyl halides is 1.